The van der Waals surface area contributed by atoms with Crippen LogP contribution in [0.1, 0.15) is 26.4 Å². The number of allylic oxidation sites excluding steroid dienone is 1. The molecule has 0 bridgehead atoms. The molecule has 0 amide bonds. The Hall–Kier alpha value is -5.81. The van der Waals surface area contributed by atoms with E-state index in [2.05, 4.69) is 41.0 Å². The first-order valence-corrected chi connectivity index (χ1v) is 14.2. The second kappa shape index (κ2) is 9.64. The molecule has 5 heteroatoms. The van der Waals surface area contributed by atoms with Crippen molar-refractivity contribution < 1.29 is 9.59 Å². The Balaban J connectivity index is 1.30. The fourth-order valence-electron chi connectivity index (χ4n) is 6.09. The van der Waals surface area contributed by atoms with Gasteiger partial charge in [0.15, 0.2) is 17.2 Å². The lowest BCUT2D eigenvalue weighted by Gasteiger charge is -2.10. The predicted molar refractivity (Wildman–Crippen MR) is 171 cm³/mol. The van der Waals surface area contributed by atoms with E-state index < -0.39 is 0 Å². The largest absolute Gasteiger partial charge is 0.326 e. The molecule has 2 aromatic heterocycles. The molecule has 1 aliphatic carbocycles. The lowest BCUT2D eigenvalue weighted by molar-refractivity contribution is 0.0990. The van der Waals surface area contributed by atoms with Gasteiger partial charge in [0.2, 0.25) is 0 Å². The van der Waals surface area contributed by atoms with Crippen molar-refractivity contribution in [1.82, 2.24) is 14.1 Å². The highest BCUT2D eigenvalue weighted by atomic mass is 16.2. The van der Waals surface area contributed by atoms with E-state index in [1.165, 1.54) is 0 Å². The molecule has 0 radical (unpaired) electrons. The fourth-order valence-corrected chi connectivity index (χ4v) is 6.09. The van der Waals surface area contributed by atoms with Crippen LogP contribution in [0.15, 0.2) is 133 Å². The zero-order chi connectivity index (χ0) is 29.1. The van der Waals surface area contributed by atoms with Gasteiger partial charge >= 0.3 is 0 Å². The third-order valence-corrected chi connectivity index (χ3v) is 8.30. The zero-order valence-electron chi connectivity index (χ0n) is 23.4. The normalized spacial score (nSPS) is 12.8. The van der Waals surface area contributed by atoms with Crippen LogP contribution in [0.3, 0.4) is 0 Å². The van der Waals surface area contributed by atoms with Crippen LogP contribution in [0.4, 0.5) is 0 Å². The summed E-state index contributed by atoms with van der Waals surface area (Å²) in [7, 11) is 1.99. The molecule has 8 rings (SSSR count). The summed E-state index contributed by atoms with van der Waals surface area (Å²) in [5.41, 5.74) is 7.57. The second-order valence-electron chi connectivity index (χ2n) is 10.8. The van der Waals surface area contributed by atoms with E-state index in [0.717, 1.165) is 50.1 Å². The number of nitrogens with zero attached hydrogens (tertiary/aromatic N) is 3. The molecule has 5 nitrogen and oxygen atoms in total. The Morgan fingerprint density at radius 2 is 1.14 bits per heavy atom. The molecule has 204 valence electrons. The highest BCUT2D eigenvalue weighted by Gasteiger charge is 2.34. The quantitative estimate of drug-likeness (QED) is 0.162. The number of ketones is 2. The molecular weight excluding hydrogens is 530 g/mol. The summed E-state index contributed by atoms with van der Waals surface area (Å²) < 4.78 is 4.09. The summed E-state index contributed by atoms with van der Waals surface area (Å²) in [5, 5.41) is 1.88. The number of hydrogen-bond donors (Lipinski definition) is 0. The van der Waals surface area contributed by atoms with E-state index in [1.54, 1.807) is 6.08 Å². The van der Waals surface area contributed by atoms with Crippen molar-refractivity contribution in [2.75, 3.05) is 0 Å². The van der Waals surface area contributed by atoms with Crippen LogP contribution in [-0.2, 0) is 7.05 Å². The number of aromatic nitrogens is 3. The number of imidazole rings is 1. The number of hydrogen-bond acceptors (Lipinski definition) is 3. The minimum absolute atomic E-state index is 0.165. The number of carbonyl (C=O) groups is 2. The van der Waals surface area contributed by atoms with Crippen molar-refractivity contribution in [1.29, 1.82) is 0 Å². The van der Waals surface area contributed by atoms with Crippen LogP contribution in [0.5, 0.6) is 0 Å². The molecule has 0 saturated carbocycles. The average molecular weight is 556 g/mol. The molecule has 0 unspecified atom stereocenters. The first kappa shape index (κ1) is 24.9. The Kier molecular flexibility index (Phi) is 5.59. The predicted octanol–water partition coefficient (Wildman–Crippen LogP) is 8.31. The fraction of sp³-hybridized carbons (Fsp3) is 0.0263. The van der Waals surface area contributed by atoms with Crippen LogP contribution in [0.25, 0.3) is 56.2 Å². The van der Waals surface area contributed by atoms with Gasteiger partial charge in [-0.25, -0.2) is 4.98 Å². The average Bonchev–Trinajstić information content (AvgIpc) is 3.65. The summed E-state index contributed by atoms with van der Waals surface area (Å²) in [4.78, 5) is 32.4. The molecule has 0 N–H and O–H groups in total. The number of Topliss-reactive ketones (excluding diaryl/α,β-unsaturated/α-hetero) is 2. The van der Waals surface area contributed by atoms with Crippen molar-refractivity contribution in [3.63, 3.8) is 0 Å². The Labute approximate surface area is 248 Å². The maximum absolute atomic E-state index is 13.6. The van der Waals surface area contributed by atoms with Gasteiger partial charge in [0, 0.05) is 29.4 Å². The van der Waals surface area contributed by atoms with E-state index in [0.29, 0.717) is 16.8 Å². The maximum atomic E-state index is 13.6. The van der Waals surface area contributed by atoms with Crippen LogP contribution >= 0.6 is 0 Å². The summed E-state index contributed by atoms with van der Waals surface area (Å²) in [6, 6.07) is 42.0. The molecule has 0 fully saturated rings. The molecule has 0 atom stereocenters. The topological polar surface area (TPSA) is 56.9 Å². The van der Waals surface area contributed by atoms with E-state index >= 15 is 0 Å². The van der Waals surface area contributed by atoms with Crippen LogP contribution in [0, 0.1) is 0 Å². The first-order chi connectivity index (χ1) is 21.1. The van der Waals surface area contributed by atoms with E-state index in [-0.39, 0.29) is 17.1 Å². The van der Waals surface area contributed by atoms with E-state index in [9.17, 15) is 9.59 Å². The molecular formula is C38H25N3O2. The van der Waals surface area contributed by atoms with Crippen molar-refractivity contribution >= 4 is 39.6 Å². The van der Waals surface area contributed by atoms with Crippen molar-refractivity contribution in [2.24, 2.45) is 7.05 Å². The third kappa shape index (κ3) is 3.97. The number of fused-ring (bicyclic) bond motifs is 3. The lowest BCUT2D eigenvalue weighted by Crippen LogP contribution is -2.03. The van der Waals surface area contributed by atoms with E-state index in [1.807, 2.05) is 103 Å². The smallest absolute Gasteiger partial charge is 0.197 e. The third-order valence-electron chi connectivity index (χ3n) is 8.30. The highest BCUT2D eigenvalue weighted by molar-refractivity contribution is 6.42. The molecule has 0 aliphatic heterocycles. The molecule has 0 saturated heterocycles. The molecule has 7 aromatic rings. The maximum Gasteiger partial charge on any atom is 0.197 e. The van der Waals surface area contributed by atoms with Gasteiger partial charge in [-0.2, -0.15) is 0 Å². The first-order valence-electron chi connectivity index (χ1n) is 14.2. The zero-order valence-corrected chi connectivity index (χ0v) is 23.4. The van der Waals surface area contributed by atoms with Gasteiger partial charge in [-0.1, -0.05) is 97.1 Å². The monoisotopic (exact) mass is 555 g/mol. The van der Waals surface area contributed by atoms with Gasteiger partial charge < -0.3 is 4.57 Å². The molecule has 1 aliphatic rings. The second-order valence-corrected chi connectivity index (χ2v) is 10.8. The van der Waals surface area contributed by atoms with Crippen LogP contribution in [-0.4, -0.2) is 25.7 Å². The molecule has 0 spiro atoms. The number of benzene rings is 5. The molecule has 2 heterocycles. The van der Waals surface area contributed by atoms with Gasteiger partial charge in [0.1, 0.15) is 5.82 Å². The van der Waals surface area contributed by atoms with Gasteiger partial charge in [-0.05, 0) is 58.3 Å². The van der Waals surface area contributed by atoms with Crippen LogP contribution < -0.4 is 0 Å². The minimum Gasteiger partial charge on any atom is -0.326 e. The Morgan fingerprint density at radius 3 is 1.74 bits per heavy atom. The summed E-state index contributed by atoms with van der Waals surface area (Å²) >= 11 is 0. The van der Waals surface area contributed by atoms with Crippen LogP contribution in [0.2, 0.25) is 0 Å². The number of aryl methyl sites for hydroxylation is 1. The van der Waals surface area contributed by atoms with Crippen molar-refractivity contribution in [3.8, 4) is 28.2 Å². The SMILES string of the molecule is Cn1c(-c2ccccc2)nc2c1cc(C=C1C(=O)c3cc4ccccc4cc3C1=O)n2-c1ccc(-c2ccccc2)cc1. The standard InChI is InChI=1S/C38H25N3O2/c1-40-34-23-30(22-33-35(42)31-20-27-14-8-9-15-28(27)21-32(31)36(33)43)41(38(34)39-37(40)26-12-6-3-7-13-26)29-18-16-25(17-19-29)24-10-4-2-5-11-24/h2-23H,1H3. The van der Waals surface area contributed by atoms with Gasteiger partial charge in [-0.3, -0.25) is 14.2 Å². The van der Waals surface area contributed by atoms with Gasteiger partial charge in [0.25, 0.3) is 0 Å². The Bertz CT molecular complexity index is 2200. The van der Waals surface area contributed by atoms with Crippen molar-refractivity contribution in [2.45, 2.75) is 0 Å². The van der Waals surface area contributed by atoms with Gasteiger partial charge in [0.05, 0.1) is 16.8 Å². The number of carbonyl (C=O) groups excluding carboxylic acids is 2. The van der Waals surface area contributed by atoms with Gasteiger partial charge in [-0.15, -0.1) is 0 Å². The molecule has 43 heavy (non-hydrogen) atoms. The van der Waals surface area contributed by atoms with Crippen molar-refractivity contribution in [3.05, 3.63) is 150 Å². The Morgan fingerprint density at radius 1 is 0.605 bits per heavy atom. The minimum atomic E-state index is -0.250. The highest BCUT2D eigenvalue weighted by Crippen LogP contribution is 2.35. The summed E-state index contributed by atoms with van der Waals surface area (Å²) in [6.45, 7) is 0. The summed E-state index contributed by atoms with van der Waals surface area (Å²) in [5.74, 6) is 0.339. The summed E-state index contributed by atoms with van der Waals surface area (Å²) in [6.07, 6.45) is 1.73. The lowest BCUT2D eigenvalue weighted by atomic mass is 10.0. The van der Waals surface area contributed by atoms with E-state index in [4.69, 9.17) is 4.98 Å². The molecule has 5 aromatic carbocycles. The number of rotatable bonds is 4.